The van der Waals surface area contributed by atoms with Gasteiger partial charge in [0, 0.05) is 19.2 Å². The van der Waals surface area contributed by atoms with Crippen LogP contribution in [-0.2, 0) is 6.42 Å². The highest BCUT2D eigenvalue weighted by Crippen LogP contribution is 2.26. The Morgan fingerprint density at radius 1 is 1.17 bits per heavy atom. The lowest BCUT2D eigenvalue weighted by molar-refractivity contribution is 0.0680. The average Bonchev–Trinajstić information content (AvgIpc) is 3.25. The molecule has 6 heteroatoms. The van der Waals surface area contributed by atoms with Crippen molar-refractivity contribution in [2.24, 2.45) is 5.92 Å². The van der Waals surface area contributed by atoms with Crippen molar-refractivity contribution in [3.63, 3.8) is 0 Å². The number of methoxy groups -OCH3 is 1. The molecule has 29 heavy (non-hydrogen) atoms. The van der Waals surface area contributed by atoms with Gasteiger partial charge in [-0.15, -0.1) is 0 Å². The van der Waals surface area contributed by atoms with E-state index < -0.39 is 5.82 Å². The van der Waals surface area contributed by atoms with Gasteiger partial charge in [0.25, 0.3) is 5.91 Å². The Hall–Kier alpha value is -3.15. The Labute approximate surface area is 169 Å². The number of ether oxygens (including phenoxy) is 1. The van der Waals surface area contributed by atoms with Gasteiger partial charge in [-0.25, -0.2) is 4.39 Å². The zero-order valence-electron chi connectivity index (χ0n) is 16.3. The molecular weight excluding hydrogens is 371 g/mol. The fourth-order valence-electron chi connectivity index (χ4n) is 3.76. The summed E-state index contributed by atoms with van der Waals surface area (Å²) in [5, 5.41) is 3.87. The Morgan fingerprint density at radius 2 is 1.90 bits per heavy atom. The zero-order chi connectivity index (χ0) is 20.2. The first kappa shape index (κ1) is 19.2. The van der Waals surface area contributed by atoms with E-state index in [4.69, 9.17) is 9.26 Å². The Morgan fingerprint density at radius 3 is 2.59 bits per heavy atom. The van der Waals surface area contributed by atoms with Gasteiger partial charge >= 0.3 is 0 Å². The maximum Gasteiger partial charge on any atom is 0.276 e. The number of aromatic nitrogens is 1. The van der Waals surface area contributed by atoms with Crippen molar-refractivity contribution >= 4 is 5.91 Å². The SMILES string of the molecule is COc1ccc(CC2CCN(C(=O)c3cc(-c4ccccc4F)on3)CC2)cc1. The standard InChI is InChI=1S/C23H23FN2O3/c1-28-18-8-6-16(7-9-18)14-17-10-12-26(13-11-17)23(27)21-15-22(29-25-21)19-4-2-3-5-20(19)24/h2-9,15,17H,10-14H2,1H3. The van der Waals surface area contributed by atoms with Gasteiger partial charge in [0.15, 0.2) is 11.5 Å². The van der Waals surface area contributed by atoms with E-state index in [0.717, 1.165) is 25.0 Å². The normalized spacial score (nSPS) is 14.8. The summed E-state index contributed by atoms with van der Waals surface area (Å²) in [7, 11) is 1.66. The number of hydrogen-bond donors (Lipinski definition) is 0. The van der Waals surface area contributed by atoms with Gasteiger partial charge in [0.2, 0.25) is 0 Å². The predicted molar refractivity (Wildman–Crippen MR) is 107 cm³/mol. The van der Waals surface area contributed by atoms with Crippen molar-refractivity contribution in [3.8, 4) is 17.1 Å². The fraction of sp³-hybridized carbons (Fsp3) is 0.304. The van der Waals surface area contributed by atoms with E-state index in [0.29, 0.717) is 24.6 Å². The largest absolute Gasteiger partial charge is 0.497 e. The molecule has 0 unspecified atom stereocenters. The molecule has 3 aromatic rings. The summed E-state index contributed by atoms with van der Waals surface area (Å²) in [5.74, 6) is 1.09. The van der Waals surface area contributed by atoms with Crippen LogP contribution in [0.25, 0.3) is 11.3 Å². The van der Waals surface area contributed by atoms with E-state index in [-0.39, 0.29) is 17.4 Å². The van der Waals surface area contributed by atoms with Crippen LogP contribution in [0.1, 0.15) is 28.9 Å². The Balaban J connectivity index is 1.35. The summed E-state index contributed by atoms with van der Waals surface area (Å²) < 4.78 is 24.3. The second-order valence-electron chi connectivity index (χ2n) is 7.34. The summed E-state index contributed by atoms with van der Waals surface area (Å²) in [6, 6.07) is 15.9. The monoisotopic (exact) mass is 394 g/mol. The van der Waals surface area contributed by atoms with Crippen LogP contribution < -0.4 is 4.74 Å². The van der Waals surface area contributed by atoms with E-state index >= 15 is 0 Å². The number of carbonyl (C=O) groups excluding carboxylic acids is 1. The number of likely N-dealkylation sites (tertiary alicyclic amines) is 1. The molecule has 1 aliphatic rings. The topological polar surface area (TPSA) is 55.6 Å². The lowest BCUT2D eigenvalue weighted by atomic mass is 9.90. The molecular formula is C23H23FN2O3. The first-order valence-electron chi connectivity index (χ1n) is 9.78. The summed E-state index contributed by atoms with van der Waals surface area (Å²) in [6.45, 7) is 1.36. The van der Waals surface area contributed by atoms with Gasteiger partial charge in [0.05, 0.1) is 12.7 Å². The molecule has 1 aromatic heterocycles. The van der Waals surface area contributed by atoms with Crippen molar-refractivity contribution in [1.82, 2.24) is 10.1 Å². The predicted octanol–water partition coefficient (Wildman–Crippen LogP) is 4.58. The van der Waals surface area contributed by atoms with Crippen molar-refractivity contribution in [2.45, 2.75) is 19.3 Å². The Kier molecular flexibility index (Phi) is 5.60. The second kappa shape index (κ2) is 8.47. The molecule has 0 saturated carbocycles. The van der Waals surface area contributed by atoms with Crippen LogP contribution in [0.2, 0.25) is 0 Å². The van der Waals surface area contributed by atoms with Crippen molar-refractivity contribution in [3.05, 3.63) is 71.7 Å². The molecule has 0 radical (unpaired) electrons. The van der Waals surface area contributed by atoms with E-state index in [2.05, 4.69) is 17.3 Å². The van der Waals surface area contributed by atoms with Crippen LogP contribution in [0.4, 0.5) is 4.39 Å². The van der Waals surface area contributed by atoms with Gasteiger partial charge in [-0.2, -0.15) is 0 Å². The summed E-state index contributed by atoms with van der Waals surface area (Å²) >= 11 is 0. The van der Waals surface area contributed by atoms with E-state index in [1.165, 1.54) is 17.7 Å². The average molecular weight is 394 g/mol. The summed E-state index contributed by atoms with van der Waals surface area (Å²) in [4.78, 5) is 14.6. The molecule has 1 aliphatic heterocycles. The maximum absolute atomic E-state index is 13.9. The van der Waals surface area contributed by atoms with E-state index in [1.807, 2.05) is 12.1 Å². The van der Waals surface area contributed by atoms with Gasteiger partial charge in [-0.3, -0.25) is 4.79 Å². The summed E-state index contributed by atoms with van der Waals surface area (Å²) in [5.41, 5.74) is 1.80. The van der Waals surface area contributed by atoms with Crippen LogP contribution in [0, 0.1) is 11.7 Å². The highest BCUT2D eigenvalue weighted by atomic mass is 19.1. The fourth-order valence-corrected chi connectivity index (χ4v) is 3.76. The highest BCUT2D eigenvalue weighted by molar-refractivity contribution is 5.93. The maximum atomic E-state index is 13.9. The van der Waals surface area contributed by atoms with Crippen LogP contribution in [0.3, 0.4) is 0 Å². The molecule has 0 aliphatic carbocycles. The van der Waals surface area contributed by atoms with Crippen molar-refractivity contribution in [1.29, 1.82) is 0 Å². The molecule has 0 spiro atoms. The lowest BCUT2D eigenvalue weighted by Crippen LogP contribution is -2.39. The molecule has 0 bridgehead atoms. The van der Waals surface area contributed by atoms with Crippen molar-refractivity contribution in [2.75, 3.05) is 20.2 Å². The lowest BCUT2D eigenvalue weighted by Gasteiger charge is -2.31. The number of hydrogen-bond acceptors (Lipinski definition) is 4. The summed E-state index contributed by atoms with van der Waals surface area (Å²) in [6.07, 6.45) is 2.87. The van der Waals surface area contributed by atoms with Crippen LogP contribution in [0.15, 0.2) is 59.1 Å². The number of benzene rings is 2. The van der Waals surface area contributed by atoms with Gasteiger partial charge < -0.3 is 14.2 Å². The number of piperidine rings is 1. The molecule has 1 fully saturated rings. The highest BCUT2D eigenvalue weighted by Gasteiger charge is 2.26. The van der Waals surface area contributed by atoms with Gasteiger partial charge in [-0.1, -0.05) is 29.4 Å². The smallest absolute Gasteiger partial charge is 0.276 e. The molecule has 0 N–H and O–H groups in total. The van der Waals surface area contributed by atoms with Crippen LogP contribution in [0.5, 0.6) is 5.75 Å². The third-order valence-corrected chi connectivity index (χ3v) is 5.45. The first-order chi connectivity index (χ1) is 14.1. The third-order valence-electron chi connectivity index (χ3n) is 5.45. The minimum Gasteiger partial charge on any atom is -0.497 e. The number of rotatable bonds is 5. The first-order valence-corrected chi connectivity index (χ1v) is 9.78. The number of halogens is 1. The third kappa shape index (κ3) is 4.31. The van der Waals surface area contributed by atoms with E-state index in [9.17, 15) is 9.18 Å². The molecule has 2 aromatic carbocycles. The number of nitrogens with zero attached hydrogens (tertiary/aromatic N) is 2. The zero-order valence-corrected chi connectivity index (χ0v) is 16.3. The molecule has 150 valence electrons. The second-order valence-corrected chi connectivity index (χ2v) is 7.34. The molecule has 1 saturated heterocycles. The Bertz CT molecular complexity index is 976. The molecule has 0 atom stereocenters. The van der Waals surface area contributed by atoms with Gasteiger partial charge in [0.1, 0.15) is 11.6 Å². The molecule has 5 nitrogen and oxygen atoms in total. The van der Waals surface area contributed by atoms with Gasteiger partial charge in [-0.05, 0) is 55.0 Å². The van der Waals surface area contributed by atoms with Crippen molar-refractivity contribution < 1.29 is 18.4 Å². The van der Waals surface area contributed by atoms with Crippen LogP contribution >= 0.6 is 0 Å². The molecule has 2 heterocycles. The van der Waals surface area contributed by atoms with Crippen LogP contribution in [-0.4, -0.2) is 36.2 Å². The minimum absolute atomic E-state index is 0.167. The minimum atomic E-state index is -0.401. The number of amides is 1. The quantitative estimate of drug-likeness (QED) is 0.635. The molecule has 4 rings (SSSR count). The molecule has 1 amide bonds. The van der Waals surface area contributed by atoms with E-state index in [1.54, 1.807) is 30.2 Å². The number of carbonyl (C=O) groups is 1.